The van der Waals surface area contributed by atoms with Crippen molar-refractivity contribution in [2.24, 2.45) is 0 Å². The van der Waals surface area contributed by atoms with Crippen LogP contribution in [0.2, 0.25) is 0 Å². The maximum atomic E-state index is 2.42. The average Bonchev–Trinajstić information content (AvgIpc) is 3.27. The Balaban J connectivity index is 1.22. The molecule has 1 heteroatoms. The molecule has 0 radical (unpaired) electrons. The van der Waals surface area contributed by atoms with Crippen molar-refractivity contribution in [2.75, 3.05) is 4.90 Å². The van der Waals surface area contributed by atoms with Gasteiger partial charge >= 0.3 is 0 Å². The molecule has 0 unspecified atom stereocenters. The highest BCUT2D eigenvalue weighted by atomic mass is 15.1. The van der Waals surface area contributed by atoms with Gasteiger partial charge in [0.1, 0.15) is 0 Å². The van der Waals surface area contributed by atoms with Crippen LogP contribution in [-0.4, -0.2) is 0 Å². The van der Waals surface area contributed by atoms with Crippen LogP contribution in [0.15, 0.2) is 224 Å². The summed E-state index contributed by atoms with van der Waals surface area (Å²) in [4.78, 5) is 2.42. The number of fused-ring (bicyclic) bond motifs is 5. The number of benzene rings is 10. The third-order valence-electron chi connectivity index (χ3n) is 10.8. The number of nitrogens with zero attached hydrogens (tertiary/aromatic N) is 1. The van der Waals surface area contributed by atoms with Gasteiger partial charge in [-0.15, -0.1) is 0 Å². The number of hydrogen-bond donors (Lipinski definition) is 0. The average molecular weight is 700 g/mol. The van der Waals surface area contributed by atoms with E-state index in [9.17, 15) is 0 Å². The molecule has 10 aromatic rings. The van der Waals surface area contributed by atoms with Gasteiger partial charge in [-0.25, -0.2) is 0 Å². The van der Waals surface area contributed by atoms with Gasteiger partial charge in [-0.1, -0.05) is 182 Å². The van der Waals surface area contributed by atoms with Gasteiger partial charge in [0.05, 0.1) is 5.69 Å². The standard InChI is InChI=1S/C54H37N/c1-4-13-38(14-5-1)41-29-32-48(33-30-41)55(49-21-12-20-45(35-49)39-15-6-2-7-16-39)53-34-31-46(40-17-8-3-9-18-40)36-51(53)47-28-25-43-24-27-44-26-23-42-19-10-11-22-50(42)54(44)52(43)37-47/h1-37H. The van der Waals surface area contributed by atoms with Crippen molar-refractivity contribution in [3.05, 3.63) is 224 Å². The summed E-state index contributed by atoms with van der Waals surface area (Å²) in [6.45, 7) is 0. The van der Waals surface area contributed by atoms with Crippen molar-refractivity contribution >= 4 is 49.4 Å². The molecule has 0 spiro atoms. The molecule has 0 N–H and O–H groups in total. The lowest BCUT2D eigenvalue weighted by Crippen LogP contribution is -2.11. The second kappa shape index (κ2) is 14.0. The van der Waals surface area contributed by atoms with E-state index in [4.69, 9.17) is 0 Å². The van der Waals surface area contributed by atoms with Gasteiger partial charge < -0.3 is 4.90 Å². The monoisotopic (exact) mass is 699 g/mol. The van der Waals surface area contributed by atoms with Crippen molar-refractivity contribution < 1.29 is 0 Å². The van der Waals surface area contributed by atoms with Gasteiger partial charge in [0.25, 0.3) is 0 Å². The third-order valence-corrected chi connectivity index (χ3v) is 10.8. The minimum absolute atomic E-state index is 1.09. The van der Waals surface area contributed by atoms with E-state index in [0.717, 1.165) is 22.6 Å². The Morgan fingerprint density at radius 1 is 0.255 bits per heavy atom. The first-order valence-electron chi connectivity index (χ1n) is 18.9. The van der Waals surface area contributed by atoms with Crippen LogP contribution in [0.3, 0.4) is 0 Å². The highest BCUT2D eigenvalue weighted by Gasteiger charge is 2.20. The van der Waals surface area contributed by atoms with Crippen molar-refractivity contribution in [3.8, 4) is 44.5 Å². The Hall–Kier alpha value is -7.22. The molecule has 0 aliphatic rings. The van der Waals surface area contributed by atoms with Crippen molar-refractivity contribution in [1.29, 1.82) is 0 Å². The molecule has 0 fully saturated rings. The minimum atomic E-state index is 1.09. The smallest absolute Gasteiger partial charge is 0.0540 e. The Labute approximate surface area is 322 Å². The normalized spacial score (nSPS) is 11.3. The summed E-state index contributed by atoms with van der Waals surface area (Å²) >= 11 is 0. The maximum absolute atomic E-state index is 2.42. The Morgan fingerprint density at radius 2 is 0.745 bits per heavy atom. The summed E-state index contributed by atoms with van der Waals surface area (Å²) in [7, 11) is 0. The fourth-order valence-corrected chi connectivity index (χ4v) is 8.08. The second-order valence-electron chi connectivity index (χ2n) is 14.1. The van der Waals surface area contributed by atoms with Crippen LogP contribution < -0.4 is 4.90 Å². The van der Waals surface area contributed by atoms with Gasteiger partial charge in [0.15, 0.2) is 0 Å². The van der Waals surface area contributed by atoms with E-state index in [1.807, 2.05) is 0 Å². The van der Waals surface area contributed by atoms with Crippen LogP contribution in [0.1, 0.15) is 0 Å². The quantitative estimate of drug-likeness (QED) is 0.150. The van der Waals surface area contributed by atoms with Crippen molar-refractivity contribution in [3.63, 3.8) is 0 Å². The molecular formula is C54H37N. The van der Waals surface area contributed by atoms with E-state index in [-0.39, 0.29) is 0 Å². The summed E-state index contributed by atoms with van der Waals surface area (Å²) in [5.41, 5.74) is 12.8. The molecule has 0 heterocycles. The second-order valence-corrected chi connectivity index (χ2v) is 14.1. The first kappa shape index (κ1) is 32.4. The zero-order chi connectivity index (χ0) is 36.6. The molecule has 0 aliphatic heterocycles. The molecule has 0 saturated heterocycles. The number of hydrogen-bond acceptors (Lipinski definition) is 1. The Bertz CT molecular complexity index is 2940. The fourth-order valence-electron chi connectivity index (χ4n) is 8.08. The Morgan fingerprint density at radius 3 is 1.44 bits per heavy atom. The van der Waals surface area contributed by atoms with Gasteiger partial charge in [0, 0.05) is 16.9 Å². The summed E-state index contributed by atoms with van der Waals surface area (Å²) in [6.07, 6.45) is 0. The topological polar surface area (TPSA) is 3.24 Å². The highest BCUT2D eigenvalue weighted by molar-refractivity contribution is 6.20. The first-order valence-corrected chi connectivity index (χ1v) is 18.9. The molecule has 55 heavy (non-hydrogen) atoms. The largest absolute Gasteiger partial charge is 0.310 e. The molecule has 258 valence electrons. The van der Waals surface area contributed by atoms with Gasteiger partial charge in [0.2, 0.25) is 0 Å². The van der Waals surface area contributed by atoms with Crippen molar-refractivity contribution in [1.82, 2.24) is 0 Å². The Kier molecular flexibility index (Phi) is 8.24. The summed E-state index contributed by atoms with van der Waals surface area (Å²) in [5.74, 6) is 0. The van der Waals surface area contributed by atoms with Crippen LogP contribution in [-0.2, 0) is 0 Å². The molecule has 0 atom stereocenters. The van der Waals surface area contributed by atoms with E-state index < -0.39 is 0 Å². The van der Waals surface area contributed by atoms with Crippen molar-refractivity contribution in [2.45, 2.75) is 0 Å². The predicted molar refractivity (Wildman–Crippen MR) is 235 cm³/mol. The van der Waals surface area contributed by atoms with E-state index in [1.54, 1.807) is 0 Å². The van der Waals surface area contributed by atoms with Crippen LogP contribution in [0, 0.1) is 0 Å². The maximum Gasteiger partial charge on any atom is 0.0540 e. The van der Waals surface area contributed by atoms with Gasteiger partial charge in [-0.2, -0.15) is 0 Å². The van der Waals surface area contributed by atoms with Crippen LogP contribution in [0.5, 0.6) is 0 Å². The van der Waals surface area contributed by atoms with E-state index in [1.165, 1.54) is 71.3 Å². The van der Waals surface area contributed by atoms with E-state index >= 15 is 0 Å². The number of rotatable bonds is 7. The molecule has 1 nitrogen and oxygen atoms in total. The van der Waals surface area contributed by atoms with Crippen LogP contribution in [0.4, 0.5) is 17.1 Å². The first-order chi connectivity index (χ1) is 27.3. The van der Waals surface area contributed by atoms with Crippen LogP contribution >= 0.6 is 0 Å². The SMILES string of the molecule is c1ccc(-c2ccc(N(c3cccc(-c4ccccc4)c3)c3ccc(-c4ccccc4)cc3-c3ccc4ccc5ccc6ccccc6c5c4c3)cc2)cc1. The lowest BCUT2D eigenvalue weighted by molar-refractivity contribution is 1.28. The molecule has 10 aromatic carbocycles. The van der Waals surface area contributed by atoms with Gasteiger partial charge in [-0.05, 0) is 114 Å². The molecule has 10 rings (SSSR count). The number of anilines is 3. The fraction of sp³-hybridized carbons (Fsp3) is 0. The zero-order valence-corrected chi connectivity index (χ0v) is 30.3. The van der Waals surface area contributed by atoms with Gasteiger partial charge in [-0.3, -0.25) is 0 Å². The molecule has 0 amide bonds. The lowest BCUT2D eigenvalue weighted by atomic mass is 9.92. The van der Waals surface area contributed by atoms with Crippen LogP contribution in [0.25, 0.3) is 76.8 Å². The molecule has 0 aliphatic carbocycles. The predicted octanol–water partition coefficient (Wildman–Crippen LogP) is 15.3. The van der Waals surface area contributed by atoms with E-state index in [0.29, 0.717) is 0 Å². The lowest BCUT2D eigenvalue weighted by Gasteiger charge is -2.29. The summed E-state index contributed by atoms with van der Waals surface area (Å²) < 4.78 is 0. The van der Waals surface area contributed by atoms with E-state index in [2.05, 4.69) is 229 Å². The minimum Gasteiger partial charge on any atom is -0.310 e. The third kappa shape index (κ3) is 6.12. The molecular weight excluding hydrogens is 663 g/mol. The molecule has 0 aromatic heterocycles. The molecule has 0 saturated carbocycles. The summed E-state index contributed by atoms with van der Waals surface area (Å²) in [5, 5.41) is 7.56. The summed E-state index contributed by atoms with van der Waals surface area (Å²) in [6, 6.07) is 81.6. The molecule has 0 bridgehead atoms. The zero-order valence-electron chi connectivity index (χ0n) is 30.3. The highest BCUT2D eigenvalue weighted by Crippen LogP contribution is 2.45.